The van der Waals surface area contributed by atoms with Gasteiger partial charge in [-0.15, -0.1) is 0 Å². The van der Waals surface area contributed by atoms with Crippen molar-refractivity contribution in [2.75, 3.05) is 13.2 Å². The number of allylic oxidation sites excluding steroid dienone is 14. The Morgan fingerprint density at radius 2 is 0.476 bits per heavy atom. The Labute approximate surface area is 509 Å². The van der Waals surface area contributed by atoms with Gasteiger partial charge in [0, 0.05) is 19.3 Å². The predicted molar refractivity (Wildman–Crippen MR) is 358 cm³/mol. The van der Waals surface area contributed by atoms with Gasteiger partial charge in [-0.2, -0.15) is 0 Å². The third-order valence-corrected chi connectivity index (χ3v) is 15.6. The van der Waals surface area contributed by atoms with Crippen LogP contribution in [0, 0.1) is 0 Å². The second-order valence-corrected chi connectivity index (χ2v) is 23.8. The van der Waals surface area contributed by atoms with E-state index in [1.54, 1.807) is 0 Å². The molecular formula is C76H134O6. The molecule has 0 N–H and O–H groups in total. The second-order valence-electron chi connectivity index (χ2n) is 23.8. The van der Waals surface area contributed by atoms with E-state index < -0.39 is 6.10 Å². The molecule has 0 saturated heterocycles. The summed E-state index contributed by atoms with van der Waals surface area (Å²) in [4.78, 5) is 38.3. The fraction of sp³-hybridized carbons (Fsp3) is 0.776. The van der Waals surface area contributed by atoms with Crippen LogP contribution >= 0.6 is 0 Å². The van der Waals surface area contributed by atoms with E-state index in [1.807, 2.05) is 0 Å². The van der Waals surface area contributed by atoms with Gasteiger partial charge in [-0.3, -0.25) is 14.4 Å². The maximum Gasteiger partial charge on any atom is 0.306 e. The average Bonchev–Trinajstić information content (AvgIpc) is 3.47. The number of hydrogen-bond acceptors (Lipinski definition) is 6. The molecule has 6 heteroatoms. The third kappa shape index (κ3) is 67.4. The van der Waals surface area contributed by atoms with Crippen LogP contribution in [0.5, 0.6) is 0 Å². The highest BCUT2D eigenvalue weighted by Crippen LogP contribution is 2.18. The molecule has 474 valence electrons. The Morgan fingerprint density at radius 1 is 0.256 bits per heavy atom. The first kappa shape index (κ1) is 78.6. The molecule has 0 bridgehead atoms. The first-order valence-electron chi connectivity index (χ1n) is 35.6. The largest absolute Gasteiger partial charge is 0.462 e. The minimum atomic E-state index is -0.801. The van der Waals surface area contributed by atoms with Gasteiger partial charge in [-0.05, 0) is 116 Å². The highest BCUT2D eigenvalue weighted by atomic mass is 16.6. The summed E-state index contributed by atoms with van der Waals surface area (Å²) in [5.74, 6) is -0.928. The van der Waals surface area contributed by atoms with Crippen LogP contribution in [0.3, 0.4) is 0 Å². The second kappa shape index (κ2) is 70.1. The zero-order valence-corrected chi connectivity index (χ0v) is 54.5. The molecule has 0 fully saturated rings. The van der Waals surface area contributed by atoms with Crippen molar-refractivity contribution in [3.63, 3.8) is 0 Å². The first-order valence-corrected chi connectivity index (χ1v) is 35.6. The number of carbonyl (C=O) groups is 3. The molecule has 0 saturated carbocycles. The van der Waals surface area contributed by atoms with E-state index >= 15 is 0 Å². The van der Waals surface area contributed by atoms with E-state index in [4.69, 9.17) is 14.2 Å². The van der Waals surface area contributed by atoms with Crippen molar-refractivity contribution in [3.8, 4) is 0 Å². The Morgan fingerprint density at radius 3 is 0.780 bits per heavy atom. The molecular weight excluding hydrogens is 1010 g/mol. The zero-order valence-electron chi connectivity index (χ0n) is 54.5. The van der Waals surface area contributed by atoms with Gasteiger partial charge in [0.15, 0.2) is 6.10 Å². The molecule has 0 aromatic heterocycles. The molecule has 0 aliphatic heterocycles. The molecule has 0 aliphatic rings. The van der Waals surface area contributed by atoms with Crippen molar-refractivity contribution in [1.29, 1.82) is 0 Å². The summed E-state index contributed by atoms with van der Waals surface area (Å²) < 4.78 is 16.9. The van der Waals surface area contributed by atoms with Crippen LogP contribution in [-0.2, 0) is 28.6 Å². The normalized spacial score (nSPS) is 12.6. The van der Waals surface area contributed by atoms with Gasteiger partial charge < -0.3 is 14.2 Å². The Bertz CT molecular complexity index is 1550. The van der Waals surface area contributed by atoms with Crippen LogP contribution < -0.4 is 0 Å². The molecule has 0 aliphatic carbocycles. The van der Waals surface area contributed by atoms with Gasteiger partial charge in [-0.25, -0.2) is 0 Å². The summed E-state index contributed by atoms with van der Waals surface area (Å²) >= 11 is 0. The topological polar surface area (TPSA) is 78.9 Å². The minimum Gasteiger partial charge on any atom is -0.462 e. The van der Waals surface area contributed by atoms with E-state index in [9.17, 15) is 14.4 Å². The van der Waals surface area contributed by atoms with Crippen LogP contribution in [0.1, 0.15) is 361 Å². The standard InChI is InChI=1S/C76H134O6/c1-4-7-10-13-16-19-22-25-28-29-30-31-32-33-34-35-36-37-38-39-40-41-42-43-44-45-46-47-49-51-54-57-60-63-66-69-75(78)81-72-73(71-80-74(77)68-65-62-59-56-53-50-27-24-21-18-15-12-9-6-3)82-76(79)70-67-64-61-58-55-52-48-26-23-20-17-14-11-8-5-2/h8,11,17,20,22,24-27,29-30,48,55,58,73H,4-7,9-10,12-16,18-19,21,23,28,31-47,49-54,56-57,59-72H2,1-3H3/b11-8-,20-17-,25-22-,27-24-,30-29-,48-26-,58-55-. The number of rotatable bonds is 65. The van der Waals surface area contributed by atoms with Gasteiger partial charge in [0.25, 0.3) is 0 Å². The zero-order chi connectivity index (χ0) is 59.2. The van der Waals surface area contributed by atoms with Crippen molar-refractivity contribution in [3.05, 3.63) is 85.1 Å². The number of carbonyl (C=O) groups excluding carboxylic acids is 3. The lowest BCUT2D eigenvalue weighted by Crippen LogP contribution is -2.30. The van der Waals surface area contributed by atoms with Crippen LogP contribution in [0.25, 0.3) is 0 Å². The lowest BCUT2D eigenvalue weighted by molar-refractivity contribution is -0.167. The van der Waals surface area contributed by atoms with E-state index in [2.05, 4.69) is 106 Å². The summed E-state index contributed by atoms with van der Waals surface area (Å²) in [5, 5.41) is 0. The summed E-state index contributed by atoms with van der Waals surface area (Å²) in [6.07, 6.45) is 93.5. The average molecular weight is 1140 g/mol. The quantitative estimate of drug-likeness (QED) is 0.0261. The Balaban J connectivity index is 4.12. The molecule has 1 unspecified atom stereocenters. The molecule has 0 heterocycles. The van der Waals surface area contributed by atoms with E-state index in [0.717, 1.165) is 89.9 Å². The first-order chi connectivity index (χ1) is 40.5. The van der Waals surface area contributed by atoms with Gasteiger partial charge in [-0.1, -0.05) is 311 Å². The molecule has 0 amide bonds. The van der Waals surface area contributed by atoms with Crippen molar-refractivity contribution in [2.45, 2.75) is 367 Å². The summed E-state index contributed by atoms with van der Waals surface area (Å²) in [6, 6.07) is 0. The van der Waals surface area contributed by atoms with Crippen molar-refractivity contribution in [1.82, 2.24) is 0 Å². The smallest absolute Gasteiger partial charge is 0.306 e. The molecule has 1 atom stereocenters. The van der Waals surface area contributed by atoms with Gasteiger partial charge >= 0.3 is 17.9 Å². The van der Waals surface area contributed by atoms with Crippen LogP contribution in [0.4, 0.5) is 0 Å². The Hall–Kier alpha value is -3.41. The van der Waals surface area contributed by atoms with Gasteiger partial charge in [0.1, 0.15) is 13.2 Å². The number of ether oxygens (including phenoxy) is 3. The molecule has 82 heavy (non-hydrogen) atoms. The van der Waals surface area contributed by atoms with Gasteiger partial charge in [0.05, 0.1) is 0 Å². The maximum absolute atomic E-state index is 12.9. The molecule has 0 rings (SSSR count). The molecule has 0 spiro atoms. The van der Waals surface area contributed by atoms with Crippen LogP contribution in [0.2, 0.25) is 0 Å². The molecule has 0 radical (unpaired) electrons. The fourth-order valence-corrected chi connectivity index (χ4v) is 10.3. The highest BCUT2D eigenvalue weighted by molar-refractivity contribution is 5.71. The third-order valence-electron chi connectivity index (χ3n) is 15.6. The molecule has 6 nitrogen and oxygen atoms in total. The van der Waals surface area contributed by atoms with Crippen LogP contribution in [-0.4, -0.2) is 37.2 Å². The monoisotopic (exact) mass is 1140 g/mol. The van der Waals surface area contributed by atoms with Crippen molar-refractivity contribution in [2.24, 2.45) is 0 Å². The lowest BCUT2D eigenvalue weighted by Gasteiger charge is -2.18. The maximum atomic E-state index is 12.9. The highest BCUT2D eigenvalue weighted by Gasteiger charge is 2.19. The van der Waals surface area contributed by atoms with E-state index in [0.29, 0.717) is 19.3 Å². The summed E-state index contributed by atoms with van der Waals surface area (Å²) in [5.41, 5.74) is 0. The van der Waals surface area contributed by atoms with Crippen molar-refractivity contribution < 1.29 is 28.6 Å². The number of esters is 3. The SMILES string of the molecule is CC/C=C\C/C=C\C/C=C\C/C=C\CCCCC(=O)OC(COC(=O)CCCCCCC/C=C\CCCCCCC)COC(=O)CCCCCCCCCCCCCCCCCCCCCCCCC/C=C\C/C=C\CCCCCCC. The van der Waals surface area contributed by atoms with E-state index in [-0.39, 0.29) is 37.5 Å². The van der Waals surface area contributed by atoms with E-state index in [1.165, 1.54) is 225 Å². The number of unbranched alkanes of at least 4 members (excludes halogenated alkanes) is 40. The van der Waals surface area contributed by atoms with Crippen molar-refractivity contribution >= 4 is 17.9 Å². The predicted octanol–water partition coefficient (Wildman–Crippen LogP) is 24.6. The fourth-order valence-electron chi connectivity index (χ4n) is 10.3. The molecule has 0 aromatic carbocycles. The lowest BCUT2D eigenvalue weighted by atomic mass is 10.0. The molecule has 0 aromatic rings. The van der Waals surface area contributed by atoms with Crippen LogP contribution in [0.15, 0.2) is 85.1 Å². The van der Waals surface area contributed by atoms with Gasteiger partial charge in [0.2, 0.25) is 0 Å². The summed E-state index contributed by atoms with van der Waals surface area (Å²) in [6.45, 7) is 6.50. The Kier molecular flexibility index (Phi) is 67.2. The summed E-state index contributed by atoms with van der Waals surface area (Å²) in [7, 11) is 0. The minimum absolute atomic E-state index is 0.0926. The number of hydrogen-bond donors (Lipinski definition) is 0.